The van der Waals surface area contributed by atoms with Crippen molar-refractivity contribution in [1.29, 1.82) is 0 Å². The summed E-state index contributed by atoms with van der Waals surface area (Å²) in [6.07, 6.45) is 1.29. The van der Waals surface area contributed by atoms with E-state index in [9.17, 15) is 15.2 Å². The molecule has 0 saturated heterocycles. The van der Waals surface area contributed by atoms with Crippen LogP contribution in [-0.4, -0.2) is 32.0 Å². The van der Waals surface area contributed by atoms with E-state index >= 15 is 0 Å². The number of hydrazone groups is 1. The predicted molar refractivity (Wildman–Crippen MR) is 119 cm³/mol. The van der Waals surface area contributed by atoms with Gasteiger partial charge >= 0.3 is 0 Å². The van der Waals surface area contributed by atoms with Crippen LogP contribution in [0.15, 0.2) is 76.8 Å². The second-order valence-electron chi connectivity index (χ2n) is 6.77. The standard InChI is InChI=1S/C22H18N6O3/c1-14-6-8-16(9-7-14)24-22(21-25-18-4-2-3-5-19(18)26-21)27-23-13-15-12-17(28(30)31)10-11-20(15)29/h2-13,29H,1H3,(H,24,27)(H,25,26)/b23-13-. The van der Waals surface area contributed by atoms with Crippen molar-refractivity contribution in [2.45, 2.75) is 6.92 Å². The second kappa shape index (κ2) is 8.46. The molecule has 0 radical (unpaired) electrons. The van der Waals surface area contributed by atoms with Crippen molar-refractivity contribution < 1.29 is 10.0 Å². The van der Waals surface area contributed by atoms with Crippen LogP contribution < -0.4 is 5.43 Å². The number of aromatic hydroxyl groups is 1. The van der Waals surface area contributed by atoms with Crippen molar-refractivity contribution in [3.8, 4) is 5.75 Å². The van der Waals surface area contributed by atoms with Gasteiger partial charge in [-0.2, -0.15) is 5.10 Å². The second-order valence-corrected chi connectivity index (χ2v) is 6.77. The fraction of sp³-hybridized carbons (Fsp3) is 0.0455. The molecule has 0 aliphatic rings. The number of rotatable bonds is 5. The quantitative estimate of drug-likeness (QED) is 0.195. The maximum absolute atomic E-state index is 11.0. The van der Waals surface area contributed by atoms with Crippen LogP contribution in [0.3, 0.4) is 0 Å². The molecule has 0 unspecified atom stereocenters. The van der Waals surface area contributed by atoms with Gasteiger partial charge in [-0.1, -0.05) is 29.8 Å². The number of para-hydroxylation sites is 2. The third-order valence-corrected chi connectivity index (χ3v) is 4.48. The molecule has 0 saturated carbocycles. The lowest BCUT2D eigenvalue weighted by Crippen LogP contribution is -2.20. The molecule has 3 N–H and O–H groups in total. The zero-order chi connectivity index (χ0) is 21.8. The normalized spacial score (nSPS) is 11.8. The van der Waals surface area contributed by atoms with E-state index in [1.165, 1.54) is 24.4 Å². The monoisotopic (exact) mass is 414 g/mol. The zero-order valence-electron chi connectivity index (χ0n) is 16.5. The van der Waals surface area contributed by atoms with Gasteiger partial charge in [0, 0.05) is 17.7 Å². The summed E-state index contributed by atoms with van der Waals surface area (Å²) in [5, 5.41) is 25.1. The van der Waals surface area contributed by atoms with Crippen molar-refractivity contribution in [1.82, 2.24) is 15.4 Å². The van der Waals surface area contributed by atoms with E-state index in [1.54, 1.807) is 0 Å². The number of hydrogen-bond acceptors (Lipinski definition) is 6. The highest BCUT2D eigenvalue weighted by Crippen LogP contribution is 2.21. The zero-order valence-corrected chi connectivity index (χ0v) is 16.5. The highest BCUT2D eigenvalue weighted by Gasteiger charge is 2.11. The number of aromatic nitrogens is 2. The van der Waals surface area contributed by atoms with Crippen LogP contribution in [-0.2, 0) is 0 Å². The number of aromatic amines is 1. The number of phenols is 1. The van der Waals surface area contributed by atoms with E-state index in [1.807, 2.05) is 55.5 Å². The van der Waals surface area contributed by atoms with Gasteiger partial charge in [-0.05, 0) is 37.3 Å². The molecule has 4 aromatic rings. The molecular formula is C22H18N6O3. The molecule has 0 aliphatic carbocycles. The molecule has 0 fully saturated rings. The molecule has 31 heavy (non-hydrogen) atoms. The Kier molecular flexibility index (Phi) is 5.39. The number of fused-ring (bicyclic) bond motifs is 1. The van der Waals surface area contributed by atoms with Gasteiger partial charge in [0.1, 0.15) is 5.75 Å². The summed E-state index contributed by atoms with van der Waals surface area (Å²) in [6.45, 7) is 1.99. The first-order valence-electron chi connectivity index (χ1n) is 9.36. The van der Waals surface area contributed by atoms with Gasteiger partial charge in [-0.3, -0.25) is 15.5 Å². The minimum absolute atomic E-state index is 0.128. The number of nitro benzene ring substituents is 1. The molecule has 0 atom stereocenters. The fourth-order valence-corrected chi connectivity index (χ4v) is 2.87. The molecule has 0 bridgehead atoms. The van der Waals surface area contributed by atoms with Gasteiger partial charge in [0.25, 0.3) is 5.69 Å². The fourth-order valence-electron chi connectivity index (χ4n) is 2.87. The number of aliphatic imine (C=N–C) groups is 1. The van der Waals surface area contributed by atoms with Gasteiger partial charge < -0.3 is 10.1 Å². The highest BCUT2D eigenvalue weighted by atomic mass is 16.6. The Bertz CT molecular complexity index is 1280. The molecule has 154 valence electrons. The molecule has 0 aliphatic heterocycles. The van der Waals surface area contributed by atoms with Crippen molar-refractivity contribution in [3.05, 3.63) is 93.8 Å². The number of hydrogen-bond donors (Lipinski definition) is 3. The molecule has 1 aromatic heterocycles. The van der Waals surface area contributed by atoms with Crippen molar-refractivity contribution in [2.75, 3.05) is 0 Å². The molecule has 3 aromatic carbocycles. The number of imidazole rings is 1. The summed E-state index contributed by atoms with van der Waals surface area (Å²) in [5.41, 5.74) is 6.30. The Morgan fingerprint density at radius 1 is 1.16 bits per heavy atom. The molecule has 1 heterocycles. The van der Waals surface area contributed by atoms with Crippen molar-refractivity contribution in [3.63, 3.8) is 0 Å². The lowest BCUT2D eigenvalue weighted by Gasteiger charge is -2.04. The number of H-pyrrole nitrogens is 1. The van der Waals surface area contributed by atoms with E-state index in [4.69, 9.17) is 0 Å². The average Bonchev–Trinajstić information content (AvgIpc) is 3.20. The minimum atomic E-state index is -0.539. The first-order chi connectivity index (χ1) is 15.0. The van der Waals surface area contributed by atoms with Crippen LogP contribution >= 0.6 is 0 Å². The Hall–Kier alpha value is -4.53. The Balaban J connectivity index is 1.68. The van der Waals surface area contributed by atoms with E-state index in [2.05, 4.69) is 25.5 Å². The van der Waals surface area contributed by atoms with Gasteiger partial charge in [0.15, 0.2) is 11.7 Å². The molecular weight excluding hydrogens is 396 g/mol. The first-order valence-corrected chi connectivity index (χ1v) is 9.36. The Morgan fingerprint density at radius 3 is 2.68 bits per heavy atom. The van der Waals surface area contributed by atoms with E-state index in [-0.39, 0.29) is 17.0 Å². The molecule has 4 rings (SSSR count). The number of amidine groups is 1. The van der Waals surface area contributed by atoms with Crippen LogP contribution in [0.5, 0.6) is 5.75 Å². The van der Waals surface area contributed by atoms with Gasteiger partial charge in [0.2, 0.25) is 0 Å². The van der Waals surface area contributed by atoms with Crippen molar-refractivity contribution in [2.24, 2.45) is 10.1 Å². The summed E-state index contributed by atoms with van der Waals surface area (Å²) >= 11 is 0. The SMILES string of the molecule is Cc1ccc(N=C(N/N=C\c2cc([N+](=O)[O-])ccc2O)c2nc3ccccc3[nH]2)cc1. The van der Waals surface area contributed by atoms with Crippen LogP contribution in [0, 0.1) is 17.0 Å². The largest absolute Gasteiger partial charge is 0.507 e. The maximum atomic E-state index is 11.0. The van der Waals surface area contributed by atoms with Crippen LogP contribution in [0.1, 0.15) is 17.0 Å². The lowest BCUT2D eigenvalue weighted by atomic mass is 10.2. The van der Waals surface area contributed by atoms with Crippen molar-refractivity contribution >= 4 is 34.5 Å². The predicted octanol–water partition coefficient (Wildman–Crippen LogP) is 4.19. The third kappa shape index (κ3) is 4.56. The van der Waals surface area contributed by atoms with Gasteiger partial charge in [0.05, 0.1) is 27.9 Å². The summed E-state index contributed by atoms with van der Waals surface area (Å²) < 4.78 is 0. The van der Waals surface area contributed by atoms with Gasteiger partial charge in [-0.25, -0.2) is 9.98 Å². The molecule has 0 spiro atoms. The number of phenolic OH excluding ortho intramolecular Hbond substituents is 1. The van der Waals surface area contributed by atoms with E-state index in [0.717, 1.165) is 16.6 Å². The first kappa shape index (κ1) is 19.8. The minimum Gasteiger partial charge on any atom is -0.507 e. The summed E-state index contributed by atoms with van der Waals surface area (Å²) in [7, 11) is 0. The van der Waals surface area contributed by atoms with Crippen LogP contribution in [0.2, 0.25) is 0 Å². The summed E-state index contributed by atoms with van der Waals surface area (Å²) in [5.74, 6) is 0.695. The average molecular weight is 414 g/mol. The number of nitro groups is 1. The van der Waals surface area contributed by atoms with Crippen LogP contribution in [0.25, 0.3) is 11.0 Å². The summed E-state index contributed by atoms with van der Waals surface area (Å²) in [6, 6.07) is 18.9. The number of nitrogens with zero attached hydrogens (tertiary/aromatic N) is 4. The molecule has 9 heteroatoms. The molecule has 9 nitrogen and oxygen atoms in total. The van der Waals surface area contributed by atoms with E-state index < -0.39 is 4.92 Å². The van der Waals surface area contributed by atoms with Crippen LogP contribution in [0.4, 0.5) is 11.4 Å². The van der Waals surface area contributed by atoms with E-state index in [0.29, 0.717) is 17.3 Å². The third-order valence-electron chi connectivity index (χ3n) is 4.48. The number of aryl methyl sites for hydroxylation is 1. The number of nitrogens with one attached hydrogen (secondary N) is 2. The maximum Gasteiger partial charge on any atom is 0.270 e. The Labute approximate surface area is 177 Å². The number of benzene rings is 3. The van der Waals surface area contributed by atoms with Gasteiger partial charge in [-0.15, -0.1) is 0 Å². The number of non-ortho nitro benzene ring substituents is 1. The summed E-state index contributed by atoms with van der Waals surface area (Å²) in [4.78, 5) is 22.8. The molecule has 0 amide bonds. The topological polar surface area (TPSA) is 129 Å². The smallest absolute Gasteiger partial charge is 0.270 e. The highest BCUT2D eigenvalue weighted by molar-refractivity contribution is 6.00. The Morgan fingerprint density at radius 2 is 1.94 bits per heavy atom. The lowest BCUT2D eigenvalue weighted by molar-refractivity contribution is -0.384.